The van der Waals surface area contributed by atoms with E-state index < -0.39 is 0 Å². The number of rotatable bonds is 4. The van der Waals surface area contributed by atoms with Gasteiger partial charge in [0.15, 0.2) is 5.69 Å². The number of amides is 1. The quantitative estimate of drug-likeness (QED) is 0.884. The van der Waals surface area contributed by atoms with Gasteiger partial charge in [-0.1, -0.05) is 13.8 Å². The van der Waals surface area contributed by atoms with Gasteiger partial charge in [-0.3, -0.25) is 4.79 Å². The molecule has 5 nitrogen and oxygen atoms in total. The van der Waals surface area contributed by atoms with Gasteiger partial charge in [-0.2, -0.15) is 0 Å². The molecule has 0 atom stereocenters. The van der Waals surface area contributed by atoms with Crippen LogP contribution in [0.3, 0.4) is 0 Å². The Labute approximate surface area is 129 Å². The van der Waals surface area contributed by atoms with Crippen LogP contribution in [0.5, 0.6) is 0 Å². The maximum atomic E-state index is 12.1. The summed E-state index contributed by atoms with van der Waals surface area (Å²) in [6.45, 7) is 4.39. The summed E-state index contributed by atoms with van der Waals surface area (Å²) in [6, 6.07) is 3.90. The number of hydrogen-bond acceptors (Lipinski definition) is 5. The topological polar surface area (TPSA) is 80.9 Å². The largest absolute Gasteiger partial charge is 0.396 e. The molecule has 0 saturated heterocycles. The molecule has 20 heavy (non-hydrogen) atoms. The van der Waals surface area contributed by atoms with Crippen LogP contribution in [-0.4, -0.2) is 15.9 Å². The van der Waals surface area contributed by atoms with Crippen LogP contribution in [0, 0.1) is 0 Å². The third-order valence-corrected chi connectivity index (χ3v) is 4.24. The lowest BCUT2D eigenvalue weighted by Gasteiger charge is -2.09. The van der Waals surface area contributed by atoms with Crippen molar-refractivity contribution in [1.82, 2.24) is 15.3 Å². The zero-order valence-corrected chi connectivity index (χ0v) is 13.6. The molecule has 0 aliphatic rings. The van der Waals surface area contributed by atoms with Crippen LogP contribution in [0.4, 0.5) is 5.69 Å². The maximum Gasteiger partial charge on any atom is 0.272 e. The van der Waals surface area contributed by atoms with Crippen molar-refractivity contribution in [3.63, 3.8) is 0 Å². The van der Waals surface area contributed by atoms with E-state index in [1.165, 1.54) is 6.20 Å². The van der Waals surface area contributed by atoms with Crippen LogP contribution < -0.4 is 11.1 Å². The van der Waals surface area contributed by atoms with E-state index >= 15 is 0 Å². The number of nitrogen functional groups attached to an aromatic ring is 1. The highest BCUT2D eigenvalue weighted by Gasteiger charge is 2.14. The van der Waals surface area contributed by atoms with Crippen LogP contribution >= 0.6 is 27.3 Å². The number of hydrogen-bond donors (Lipinski definition) is 2. The molecule has 0 bridgehead atoms. The summed E-state index contributed by atoms with van der Waals surface area (Å²) >= 11 is 4.96. The van der Waals surface area contributed by atoms with Gasteiger partial charge in [0.2, 0.25) is 0 Å². The van der Waals surface area contributed by atoms with E-state index in [0.717, 1.165) is 8.66 Å². The first kappa shape index (κ1) is 14.9. The summed E-state index contributed by atoms with van der Waals surface area (Å²) in [5.74, 6) is 0.481. The smallest absolute Gasteiger partial charge is 0.272 e. The highest BCUT2D eigenvalue weighted by atomic mass is 79.9. The van der Waals surface area contributed by atoms with Gasteiger partial charge in [-0.05, 0) is 28.1 Å². The molecule has 0 saturated carbocycles. The maximum absolute atomic E-state index is 12.1. The van der Waals surface area contributed by atoms with Gasteiger partial charge in [0, 0.05) is 10.8 Å². The molecular formula is C13H15BrN4OS. The third kappa shape index (κ3) is 3.55. The van der Waals surface area contributed by atoms with Gasteiger partial charge >= 0.3 is 0 Å². The molecule has 7 heteroatoms. The van der Waals surface area contributed by atoms with Crippen LogP contribution in [0.15, 0.2) is 22.1 Å². The van der Waals surface area contributed by atoms with Crippen molar-refractivity contribution in [3.05, 3.63) is 38.5 Å². The Morgan fingerprint density at radius 3 is 2.85 bits per heavy atom. The number of nitrogens with two attached hydrogens (primary N) is 1. The Hall–Kier alpha value is -1.47. The predicted molar refractivity (Wildman–Crippen MR) is 83.7 cm³/mol. The first-order valence-corrected chi connectivity index (χ1v) is 7.73. The molecule has 0 aromatic carbocycles. The number of carbonyl (C=O) groups is 1. The second-order valence-electron chi connectivity index (χ2n) is 4.58. The number of thiophene rings is 1. The highest BCUT2D eigenvalue weighted by Crippen LogP contribution is 2.22. The van der Waals surface area contributed by atoms with Crippen molar-refractivity contribution in [1.29, 1.82) is 0 Å². The number of carbonyl (C=O) groups excluding carboxylic acids is 1. The Balaban J connectivity index is 2.10. The molecule has 2 heterocycles. The van der Waals surface area contributed by atoms with Gasteiger partial charge in [0.25, 0.3) is 5.91 Å². The van der Waals surface area contributed by atoms with Gasteiger partial charge in [0.05, 0.1) is 22.2 Å². The minimum Gasteiger partial charge on any atom is -0.396 e. The standard InChI is InChI=1S/C13H15BrN4OS/c1-7(2)12-16-6-9(15)11(18-12)13(19)17-5-8-3-4-10(14)20-8/h3-4,6-7H,5,15H2,1-2H3,(H,17,19). The molecular weight excluding hydrogens is 340 g/mol. The molecule has 0 aliphatic carbocycles. The van der Waals surface area contributed by atoms with Crippen molar-refractivity contribution >= 4 is 38.9 Å². The molecule has 2 rings (SSSR count). The Kier molecular flexibility index (Phi) is 4.72. The minimum atomic E-state index is -0.281. The molecule has 0 spiro atoms. The van der Waals surface area contributed by atoms with Gasteiger partial charge in [-0.15, -0.1) is 11.3 Å². The molecule has 0 fully saturated rings. The monoisotopic (exact) mass is 354 g/mol. The SMILES string of the molecule is CC(C)c1ncc(N)c(C(=O)NCc2ccc(Br)s2)n1. The van der Waals surface area contributed by atoms with Crippen LogP contribution in [-0.2, 0) is 6.54 Å². The first-order chi connectivity index (χ1) is 9.47. The van der Waals surface area contributed by atoms with Crippen molar-refractivity contribution in [3.8, 4) is 0 Å². The fourth-order valence-corrected chi connectivity index (χ4v) is 2.99. The zero-order valence-electron chi connectivity index (χ0n) is 11.2. The Bertz CT molecular complexity index is 627. The Morgan fingerprint density at radius 2 is 2.25 bits per heavy atom. The lowest BCUT2D eigenvalue weighted by atomic mass is 10.2. The molecule has 0 aliphatic heterocycles. The number of nitrogens with zero attached hydrogens (tertiary/aromatic N) is 2. The van der Waals surface area contributed by atoms with E-state index in [2.05, 4.69) is 31.2 Å². The summed E-state index contributed by atoms with van der Waals surface area (Å²) in [5.41, 5.74) is 6.30. The lowest BCUT2D eigenvalue weighted by Crippen LogP contribution is -2.25. The number of aromatic nitrogens is 2. The summed E-state index contributed by atoms with van der Waals surface area (Å²) in [7, 11) is 0. The van der Waals surface area contributed by atoms with Crippen molar-refractivity contribution in [2.75, 3.05) is 5.73 Å². The van der Waals surface area contributed by atoms with Crippen LogP contribution in [0.25, 0.3) is 0 Å². The van der Waals surface area contributed by atoms with Crippen molar-refractivity contribution < 1.29 is 4.79 Å². The van der Waals surface area contributed by atoms with E-state index in [1.54, 1.807) is 11.3 Å². The highest BCUT2D eigenvalue weighted by molar-refractivity contribution is 9.11. The zero-order chi connectivity index (χ0) is 14.7. The summed E-state index contributed by atoms with van der Waals surface area (Å²) in [5, 5.41) is 2.82. The van der Waals surface area contributed by atoms with E-state index in [9.17, 15) is 4.79 Å². The number of anilines is 1. The number of halogens is 1. The summed E-state index contributed by atoms with van der Waals surface area (Å²) in [6.07, 6.45) is 1.49. The second-order valence-corrected chi connectivity index (χ2v) is 7.12. The molecule has 2 aromatic rings. The fourth-order valence-electron chi connectivity index (χ4n) is 1.56. The second kappa shape index (κ2) is 6.32. The van der Waals surface area contributed by atoms with E-state index in [0.29, 0.717) is 18.1 Å². The molecule has 106 valence electrons. The third-order valence-electron chi connectivity index (χ3n) is 2.62. The predicted octanol–water partition coefficient (Wildman–Crippen LogP) is 2.94. The van der Waals surface area contributed by atoms with Gasteiger partial charge in [0.1, 0.15) is 5.82 Å². The summed E-state index contributed by atoms with van der Waals surface area (Å²) in [4.78, 5) is 21.5. The molecule has 2 aromatic heterocycles. The van der Waals surface area contributed by atoms with Crippen molar-refractivity contribution in [2.45, 2.75) is 26.3 Å². The molecule has 0 unspecified atom stereocenters. The van der Waals surface area contributed by atoms with Crippen molar-refractivity contribution in [2.24, 2.45) is 0 Å². The van der Waals surface area contributed by atoms with E-state index in [4.69, 9.17) is 5.73 Å². The average molecular weight is 355 g/mol. The van der Waals surface area contributed by atoms with Gasteiger partial charge in [-0.25, -0.2) is 9.97 Å². The van der Waals surface area contributed by atoms with Crippen LogP contribution in [0.1, 0.15) is 41.0 Å². The molecule has 3 N–H and O–H groups in total. The van der Waals surface area contributed by atoms with Gasteiger partial charge < -0.3 is 11.1 Å². The summed E-state index contributed by atoms with van der Waals surface area (Å²) < 4.78 is 1.03. The van der Waals surface area contributed by atoms with E-state index in [-0.39, 0.29) is 17.5 Å². The van der Waals surface area contributed by atoms with Crippen LogP contribution in [0.2, 0.25) is 0 Å². The van der Waals surface area contributed by atoms with E-state index in [1.807, 2.05) is 26.0 Å². The average Bonchev–Trinajstić information content (AvgIpc) is 2.82. The molecule has 0 radical (unpaired) electrons. The normalized spacial score (nSPS) is 10.8. The molecule has 1 amide bonds. The lowest BCUT2D eigenvalue weighted by molar-refractivity contribution is 0.0947. The fraction of sp³-hybridized carbons (Fsp3) is 0.308. The Morgan fingerprint density at radius 1 is 1.50 bits per heavy atom. The minimum absolute atomic E-state index is 0.149. The first-order valence-electron chi connectivity index (χ1n) is 6.12. The number of nitrogens with one attached hydrogen (secondary N) is 1.